The van der Waals surface area contributed by atoms with Crippen LogP contribution in [-0.4, -0.2) is 8.42 Å². The van der Waals surface area contributed by atoms with Crippen molar-refractivity contribution in [2.24, 2.45) is 0 Å². The maximum absolute atomic E-state index is 13.8. The molecule has 0 saturated heterocycles. The molecule has 4 nitrogen and oxygen atoms in total. The van der Waals surface area contributed by atoms with Gasteiger partial charge in [0.1, 0.15) is 17.3 Å². The fraction of sp³-hybridized carbons (Fsp3) is 0.0769. The van der Waals surface area contributed by atoms with E-state index in [1.54, 1.807) is 4.72 Å². The average molecular weight is 316 g/mol. The Labute approximate surface area is 119 Å². The van der Waals surface area contributed by atoms with Gasteiger partial charge in [0.25, 0.3) is 10.0 Å². The first-order valence-corrected chi connectivity index (χ1v) is 7.23. The molecule has 0 aliphatic rings. The summed E-state index contributed by atoms with van der Waals surface area (Å²) in [4.78, 5) is -0.401. The summed E-state index contributed by atoms with van der Waals surface area (Å²) in [6.07, 6.45) is 0. The van der Waals surface area contributed by atoms with E-state index in [4.69, 9.17) is 5.73 Å². The van der Waals surface area contributed by atoms with Crippen molar-refractivity contribution in [1.82, 2.24) is 0 Å². The topological polar surface area (TPSA) is 72.2 Å². The number of aryl methyl sites for hydroxylation is 1. The molecular weight excluding hydrogens is 305 g/mol. The molecule has 0 bridgehead atoms. The van der Waals surface area contributed by atoms with Crippen LogP contribution in [0.3, 0.4) is 0 Å². The molecule has 0 amide bonds. The Morgan fingerprint density at radius 2 is 1.67 bits per heavy atom. The Kier molecular flexibility index (Phi) is 3.82. The van der Waals surface area contributed by atoms with Crippen LogP contribution in [0.4, 0.5) is 24.5 Å². The molecule has 0 heterocycles. The maximum Gasteiger partial charge on any atom is 0.262 e. The minimum Gasteiger partial charge on any atom is -0.396 e. The second-order valence-electron chi connectivity index (χ2n) is 4.34. The summed E-state index contributed by atoms with van der Waals surface area (Å²) < 4.78 is 66.3. The second-order valence-corrected chi connectivity index (χ2v) is 6.02. The molecule has 2 aromatic carbocycles. The molecule has 0 aromatic heterocycles. The molecule has 0 aliphatic carbocycles. The van der Waals surface area contributed by atoms with E-state index in [0.717, 1.165) is 24.3 Å². The van der Waals surface area contributed by atoms with Gasteiger partial charge >= 0.3 is 0 Å². The number of hydrogen-bond acceptors (Lipinski definition) is 3. The zero-order chi connectivity index (χ0) is 15.8. The Morgan fingerprint density at radius 1 is 1.05 bits per heavy atom. The molecule has 8 heteroatoms. The average Bonchev–Trinajstić information content (AvgIpc) is 2.42. The van der Waals surface area contributed by atoms with E-state index in [2.05, 4.69) is 0 Å². The first-order chi connectivity index (χ1) is 9.72. The number of hydrogen-bond donors (Lipinski definition) is 2. The van der Waals surface area contributed by atoms with Crippen molar-refractivity contribution >= 4 is 21.4 Å². The summed E-state index contributed by atoms with van der Waals surface area (Å²) >= 11 is 0. The minimum absolute atomic E-state index is 0.0766. The van der Waals surface area contributed by atoms with E-state index in [1.165, 1.54) is 13.0 Å². The van der Waals surface area contributed by atoms with E-state index in [0.29, 0.717) is 0 Å². The Balaban J connectivity index is 2.47. The predicted molar refractivity (Wildman–Crippen MR) is 72.7 cm³/mol. The van der Waals surface area contributed by atoms with Crippen molar-refractivity contribution in [1.29, 1.82) is 0 Å². The zero-order valence-electron chi connectivity index (χ0n) is 10.8. The van der Waals surface area contributed by atoms with E-state index in [1.807, 2.05) is 0 Å². The van der Waals surface area contributed by atoms with E-state index in [9.17, 15) is 21.6 Å². The van der Waals surface area contributed by atoms with Gasteiger partial charge < -0.3 is 5.73 Å². The zero-order valence-corrected chi connectivity index (χ0v) is 11.6. The van der Waals surface area contributed by atoms with Crippen LogP contribution in [0.1, 0.15) is 5.56 Å². The van der Waals surface area contributed by atoms with Crippen LogP contribution >= 0.6 is 0 Å². The molecule has 0 saturated carbocycles. The summed E-state index contributed by atoms with van der Waals surface area (Å²) in [5.41, 5.74) is 4.18. The second kappa shape index (κ2) is 5.28. The highest BCUT2D eigenvalue weighted by Gasteiger charge is 2.21. The summed E-state index contributed by atoms with van der Waals surface area (Å²) in [6, 6.07) is 4.78. The lowest BCUT2D eigenvalue weighted by Crippen LogP contribution is -2.16. The third-order valence-electron chi connectivity index (χ3n) is 2.80. The van der Waals surface area contributed by atoms with Gasteiger partial charge in [-0.05, 0) is 36.8 Å². The molecule has 2 aromatic rings. The third-order valence-corrected chi connectivity index (χ3v) is 4.15. The van der Waals surface area contributed by atoms with Crippen molar-refractivity contribution in [2.45, 2.75) is 11.8 Å². The molecule has 3 N–H and O–H groups in total. The van der Waals surface area contributed by atoms with Crippen molar-refractivity contribution in [3.05, 3.63) is 53.3 Å². The molecule has 0 unspecified atom stereocenters. The molecular formula is C13H11F3N2O2S. The molecule has 0 fully saturated rings. The number of rotatable bonds is 3. The number of halogens is 3. The van der Waals surface area contributed by atoms with Gasteiger partial charge in [-0.1, -0.05) is 6.07 Å². The van der Waals surface area contributed by atoms with Crippen molar-refractivity contribution in [3.8, 4) is 0 Å². The highest BCUT2D eigenvalue weighted by molar-refractivity contribution is 7.92. The molecule has 112 valence electrons. The fourth-order valence-electron chi connectivity index (χ4n) is 1.63. The van der Waals surface area contributed by atoms with Crippen LogP contribution in [-0.2, 0) is 10.0 Å². The van der Waals surface area contributed by atoms with E-state index < -0.39 is 38.1 Å². The number of benzene rings is 2. The largest absolute Gasteiger partial charge is 0.396 e. The maximum atomic E-state index is 13.8. The summed E-state index contributed by atoms with van der Waals surface area (Å²) in [5.74, 6) is -2.87. The Hall–Kier alpha value is -2.22. The predicted octanol–water partition coefficient (Wildman–Crippen LogP) is 2.80. The van der Waals surface area contributed by atoms with Crippen LogP contribution < -0.4 is 10.5 Å². The minimum atomic E-state index is -4.29. The first kappa shape index (κ1) is 15.2. The normalized spacial score (nSPS) is 11.4. The Bertz CT molecular complexity index is 807. The van der Waals surface area contributed by atoms with Gasteiger partial charge in [0, 0.05) is 0 Å². The Morgan fingerprint density at radius 3 is 2.29 bits per heavy atom. The lowest BCUT2D eigenvalue weighted by atomic mass is 10.2. The standard InChI is InChI=1S/C13H11F3N2O2S/c1-7-2-4-10(15)13(12(7)16)18-21(19,20)8-3-5-9(14)11(17)6-8/h2-6,18H,17H2,1H3. The number of anilines is 2. The number of nitrogens with two attached hydrogens (primary N) is 1. The molecule has 0 radical (unpaired) electrons. The quantitative estimate of drug-likeness (QED) is 0.855. The molecule has 2 rings (SSSR count). The summed E-state index contributed by atoms with van der Waals surface area (Å²) in [5, 5.41) is 0. The van der Waals surface area contributed by atoms with Crippen LogP contribution in [0.2, 0.25) is 0 Å². The summed E-state index contributed by atoms with van der Waals surface area (Å²) in [6.45, 7) is 1.36. The highest BCUT2D eigenvalue weighted by Crippen LogP contribution is 2.25. The van der Waals surface area contributed by atoms with Crippen LogP contribution in [0.5, 0.6) is 0 Å². The monoisotopic (exact) mass is 316 g/mol. The van der Waals surface area contributed by atoms with E-state index >= 15 is 0 Å². The van der Waals surface area contributed by atoms with Crippen molar-refractivity contribution < 1.29 is 21.6 Å². The van der Waals surface area contributed by atoms with E-state index in [-0.39, 0.29) is 11.3 Å². The van der Waals surface area contributed by atoms with Crippen LogP contribution in [0.15, 0.2) is 35.2 Å². The molecule has 0 spiro atoms. The highest BCUT2D eigenvalue weighted by atomic mass is 32.2. The fourth-order valence-corrected chi connectivity index (χ4v) is 2.74. The van der Waals surface area contributed by atoms with Gasteiger partial charge in [-0.25, -0.2) is 21.6 Å². The van der Waals surface area contributed by atoms with Gasteiger partial charge in [0.05, 0.1) is 10.6 Å². The van der Waals surface area contributed by atoms with Gasteiger partial charge in [-0.15, -0.1) is 0 Å². The van der Waals surface area contributed by atoms with Gasteiger partial charge in [-0.2, -0.15) is 0 Å². The van der Waals surface area contributed by atoms with Crippen LogP contribution in [0, 0.1) is 24.4 Å². The lowest BCUT2D eigenvalue weighted by Gasteiger charge is -2.11. The SMILES string of the molecule is Cc1ccc(F)c(NS(=O)(=O)c2ccc(F)c(N)c2)c1F. The molecule has 0 atom stereocenters. The summed E-state index contributed by atoms with van der Waals surface area (Å²) in [7, 11) is -4.29. The molecule has 0 aliphatic heterocycles. The lowest BCUT2D eigenvalue weighted by molar-refractivity contribution is 0.578. The van der Waals surface area contributed by atoms with Crippen molar-refractivity contribution in [2.75, 3.05) is 10.5 Å². The number of nitrogens with one attached hydrogen (secondary N) is 1. The van der Waals surface area contributed by atoms with Crippen molar-refractivity contribution in [3.63, 3.8) is 0 Å². The smallest absolute Gasteiger partial charge is 0.262 e. The molecule has 21 heavy (non-hydrogen) atoms. The van der Waals surface area contributed by atoms with Gasteiger partial charge in [0.15, 0.2) is 5.82 Å². The van der Waals surface area contributed by atoms with Crippen LogP contribution in [0.25, 0.3) is 0 Å². The number of sulfonamides is 1. The first-order valence-electron chi connectivity index (χ1n) is 5.75. The number of nitrogen functional groups attached to an aromatic ring is 1. The van der Waals surface area contributed by atoms with Gasteiger partial charge in [0.2, 0.25) is 0 Å². The van der Waals surface area contributed by atoms with Gasteiger partial charge in [-0.3, -0.25) is 4.72 Å². The third kappa shape index (κ3) is 2.94.